The average molecular weight is 486 g/mol. The van der Waals surface area contributed by atoms with Crippen LogP contribution in [-0.4, -0.2) is 0 Å². The highest BCUT2D eigenvalue weighted by Crippen LogP contribution is 2.37. The van der Waals surface area contributed by atoms with Crippen LogP contribution in [0.2, 0.25) is 0 Å². The van der Waals surface area contributed by atoms with Crippen molar-refractivity contribution in [3.63, 3.8) is 0 Å². The van der Waals surface area contributed by atoms with E-state index in [0.717, 1.165) is 0 Å². The van der Waals surface area contributed by atoms with Gasteiger partial charge in [-0.3, -0.25) is 0 Å². The lowest BCUT2D eigenvalue weighted by atomic mass is 10.0. The van der Waals surface area contributed by atoms with Crippen molar-refractivity contribution in [3.8, 4) is 0 Å². The zero-order valence-corrected chi connectivity index (χ0v) is 22.3. The van der Waals surface area contributed by atoms with E-state index in [4.69, 9.17) is 0 Å². The Balaban J connectivity index is 1.64. The van der Waals surface area contributed by atoms with Gasteiger partial charge in [0.05, 0.1) is 12.1 Å². The Morgan fingerprint density at radius 3 is 1.14 bits per heavy atom. The monoisotopic (exact) mass is 485 g/mol. The molecule has 0 amide bonds. The molecule has 0 heterocycles. The molecule has 5 aromatic rings. The maximum atomic E-state index is 2.60. The molecule has 0 saturated heterocycles. The van der Waals surface area contributed by atoms with E-state index >= 15 is 0 Å². The molecule has 0 N–H and O–H groups in total. The van der Waals surface area contributed by atoms with E-state index < -0.39 is 0 Å². The van der Waals surface area contributed by atoms with Crippen molar-refractivity contribution < 1.29 is 0 Å². The molecule has 0 aliphatic rings. The summed E-state index contributed by atoms with van der Waals surface area (Å²) in [4.78, 5) is 2.60. The predicted molar refractivity (Wildman–Crippen MR) is 156 cm³/mol. The largest absolute Gasteiger partial charge is 0.352 e. The fourth-order valence-electron chi connectivity index (χ4n) is 5.58. The molecule has 4 atom stereocenters. The molecule has 0 aliphatic carbocycles. The van der Waals surface area contributed by atoms with Gasteiger partial charge in [0.25, 0.3) is 0 Å². The van der Waals surface area contributed by atoms with Gasteiger partial charge in [0.15, 0.2) is 12.1 Å². The van der Waals surface area contributed by atoms with Crippen molar-refractivity contribution in [2.45, 2.75) is 51.9 Å². The molecule has 0 fully saturated rings. The molecular weight excluding hydrogens is 448 g/mol. The van der Waals surface area contributed by atoms with E-state index in [1.54, 1.807) is 0 Å². The first kappa shape index (κ1) is 24.8. The number of benzene rings is 4. The Morgan fingerprint density at radius 1 is 0.459 bits per heavy atom. The normalized spacial score (nSPS) is 14.6. The van der Waals surface area contributed by atoms with Crippen LogP contribution in [0.1, 0.15) is 74.1 Å². The Labute approximate surface area is 221 Å². The first-order valence-electron chi connectivity index (χ1n) is 13.4. The van der Waals surface area contributed by atoms with Crippen molar-refractivity contribution in [2.24, 2.45) is 0 Å². The third kappa shape index (κ3) is 5.29. The van der Waals surface area contributed by atoms with Gasteiger partial charge in [0.2, 0.25) is 5.36 Å². The van der Waals surface area contributed by atoms with Crippen LogP contribution in [0.4, 0.5) is 5.69 Å². The number of hydrogen-bond acceptors (Lipinski definition) is 1. The molecule has 0 unspecified atom stereocenters. The smallest absolute Gasteiger partial charge is 0.227 e. The predicted octanol–water partition coefficient (Wildman–Crippen LogP) is 8.19. The van der Waals surface area contributed by atoms with Crippen LogP contribution in [0.25, 0.3) is 0 Å². The molecule has 2 nitrogen and oxygen atoms in total. The van der Waals surface area contributed by atoms with Crippen LogP contribution >= 0.6 is 0 Å². The summed E-state index contributed by atoms with van der Waals surface area (Å²) in [7, 11) is 0. The van der Waals surface area contributed by atoms with Gasteiger partial charge >= 0.3 is 0 Å². The fraction of sp³-hybridized carbons (Fsp3) is 0.229. The molecule has 5 rings (SSSR count). The molecule has 0 spiro atoms. The van der Waals surface area contributed by atoms with Crippen molar-refractivity contribution in [2.75, 3.05) is 4.90 Å². The molecule has 5 aromatic carbocycles. The van der Waals surface area contributed by atoms with Crippen molar-refractivity contribution in [1.29, 1.82) is 0 Å². The van der Waals surface area contributed by atoms with Crippen molar-refractivity contribution >= 4 is 5.69 Å². The molecule has 37 heavy (non-hydrogen) atoms. The summed E-state index contributed by atoms with van der Waals surface area (Å²) >= 11 is 0. The molecule has 186 valence electrons. The highest BCUT2D eigenvalue weighted by Gasteiger charge is 2.35. The van der Waals surface area contributed by atoms with Gasteiger partial charge in [-0.25, -0.2) is 4.58 Å². The summed E-state index contributed by atoms with van der Waals surface area (Å²) in [6.07, 6.45) is 0. The first-order valence-corrected chi connectivity index (χ1v) is 13.4. The van der Waals surface area contributed by atoms with Crippen LogP contribution in [-0.2, 0) is 0 Å². The van der Waals surface area contributed by atoms with E-state index in [1.165, 1.54) is 33.3 Å². The topological polar surface area (TPSA) is 6.25 Å². The van der Waals surface area contributed by atoms with Gasteiger partial charge in [-0.2, -0.15) is 0 Å². The zero-order valence-electron chi connectivity index (χ0n) is 22.3. The molecule has 0 aromatic heterocycles. The van der Waals surface area contributed by atoms with Crippen LogP contribution in [0, 0.1) is 0 Å². The quantitative estimate of drug-likeness (QED) is 0.191. The Hall–Kier alpha value is -3.91. The van der Waals surface area contributed by atoms with Crippen LogP contribution < -0.4 is 14.8 Å². The van der Waals surface area contributed by atoms with E-state index in [1.807, 2.05) is 0 Å². The van der Waals surface area contributed by atoms with Gasteiger partial charge < -0.3 is 4.90 Å². The van der Waals surface area contributed by atoms with Gasteiger partial charge in [0.1, 0.15) is 5.69 Å². The zero-order chi connectivity index (χ0) is 25.8. The Kier molecular flexibility index (Phi) is 7.37. The Morgan fingerprint density at radius 2 is 0.784 bits per heavy atom. The third-order valence-corrected chi connectivity index (χ3v) is 7.81. The molecule has 0 radical (unpaired) electrons. The van der Waals surface area contributed by atoms with E-state index in [0.29, 0.717) is 0 Å². The summed E-state index contributed by atoms with van der Waals surface area (Å²) in [6.45, 7) is 9.32. The highest BCUT2D eigenvalue weighted by molar-refractivity contribution is 5.59. The minimum atomic E-state index is 0.237. The molecule has 2 heteroatoms. The summed E-state index contributed by atoms with van der Waals surface area (Å²) in [6, 6.07) is 46.8. The van der Waals surface area contributed by atoms with Crippen LogP contribution in [0.15, 0.2) is 127 Å². The molecule has 0 saturated carbocycles. The second-order valence-electron chi connectivity index (χ2n) is 10.1. The second-order valence-corrected chi connectivity index (χ2v) is 10.1. The van der Waals surface area contributed by atoms with Crippen molar-refractivity contribution in [3.05, 3.63) is 155 Å². The average Bonchev–Trinajstić information content (AvgIpc) is 3.74. The molecular formula is C35H37N2+. The lowest BCUT2D eigenvalue weighted by molar-refractivity contribution is 0.405. The summed E-state index contributed by atoms with van der Waals surface area (Å²) in [5, 5.41) is 1.33. The standard InChI is InChI=1S/C35H37N2/c1-26(30-17-9-5-10-18-30)36(27(2)31-19-11-6-12-20-31)34-25-35(34)37(28(3)32-21-13-7-14-22-32)29(4)33-23-15-8-16-24-33/h5-29H,1-4H3/q+1/t26-,27-,28-,29-/m1/s1. The number of rotatable bonds is 9. The number of anilines is 1. The minimum Gasteiger partial charge on any atom is -0.352 e. The van der Waals surface area contributed by atoms with E-state index in [-0.39, 0.29) is 24.2 Å². The first-order chi connectivity index (χ1) is 18.1. The summed E-state index contributed by atoms with van der Waals surface area (Å²) in [5.41, 5.74) is 6.65. The summed E-state index contributed by atoms with van der Waals surface area (Å²) in [5.74, 6) is 0. The van der Waals surface area contributed by atoms with E-state index in [9.17, 15) is 0 Å². The van der Waals surface area contributed by atoms with E-state index in [2.05, 4.69) is 165 Å². The second kappa shape index (κ2) is 11.0. The van der Waals surface area contributed by atoms with Gasteiger partial charge in [-0.1, -0.05) is 121 Å². The van der Waals surface area contributed by atoms with Crippen molar-refractivity contribution in [1.82, 2.24) is 4.58 Å². The molecule has 0 bridgehead atoms. The van der Waals surface area contributed by atoms with Crippen LogP contribution in [0.3, 0.4) is 0 Å². The lowest BCUT2D eigenvalue weighted by Gasteiger charge is -2.34. The SMILES string of the molecule is C[C@H](c1ccccc1)N(c1cc1=[N+]([C@H](C)c1ccccc1)[C@H](C)c1ccccc1)[C@H](C)c1ccccc1. The lowest BCUT2D eigenvalue weighted by Crippen LogP contribution is -2.34. The number of nitrogens with zero attached hydrogens (tertiary/aromatic N) is 2. The maximum absolute atomic E-state index is 2.60. The van der Waals surface area contributed by atoms with Gasteiger partial charge in [0, 0.05) is 31.0 Å². The molecule has 0 aliphatic heterocycles. The van der Waals surface area contributed by atoms with Gasteiger partial charge in [-0.05, 0) is 25.0 Å². The maximum Gasteiger partial charge on any atom is 0.227 e. The Bertz CT molecular complexity index is 1320. The summed E-state index contributed by atoms with van der Waals surface area (Å²) < 4.78 is 2.60. The number of hydrogen-bond donors (Lipinski definition) is 0. The fourth-order valence-corrected chi connectivity index (χ4v) is 5.58. The minimum absolute atomic E-state index is 0.237. The van der Waals surface area contributed by atoms with Crippen LogP contribution in [0.5, 0.6) is 0 Å². The highest BCUT2D eigenvalue weighted by atomic mass is 15.2. The third-order valence-electron chi connectivity index (χ3n) is 7.81. The van der Waals surface area contributed by atoms with Gasteiger partial charge in [-0.15, -0.1) is 0 Å².